The Morgan fingerprint density at radius 1 is 1.25 bits per heavy atom. The Morgan fingerprint density at radius 3 is 2.55 bits per heavy atom. The Hall–Kier alpha value is -1.32. The summed E-state index contributed by atoms with van der Waals surface area (Å²) in [5.41, 5.74) is 0. The zero-order valence-corrected chi connectivity index (χ0v) is 12.4. The van der Waals surface area contributed by atoms with Gasteiger partial charge in [0.1, 0.15) is 5.82 Å². The van der Waals surface area contributed by atoms with Crippen LogP contribution in [0, 0.1) is 18.8 Å². The molecule has 1 saturated heterocycles. The Labute approximate surface area is 121 Å². The minimum absolute atomic E-state index is 0.336. The number of hydrogen-bond donors (Lipinski definition) is 0. The topological polar surface area (TPSA) is 38.1 Å². The van der Waals surface area contributed by atoms with Crippen molar-refractivity contribution < 1.29 is 4.79 Å². The minimum atomic E-state index is 0.336. The van der Waals surface area contributed by atoms with Gasteiger partial charge in [-0.15, -0.1) is 0 Å². The molecule has 0 radical (unpaired) electrons. The summed E-state index contributed by atoms with van der Waals surface area (Å²) < 4.78 is 2.24. The molecule has 0 N–H and O–H groups in total. The van der Waals surface area contributed by atoms with Crippen molar-refractivity contribution >= 4 is 5.91 Å². The summed E-state index contributed by atoms with van der Waals surface area (Å²) in [5, 5.41) is 0. The van der Waals surface area contributed by atoms with Gasteiger partial charge in [0, 0.05) is 37.9 Å². The lowest BCUT2D eigenvalue weighted by Crippen LogP contribution is -2.41. The third-order valence-corrected chi connectivity index (χ3v) is 5.01. The molecule has 1 aliphatic heterocycles. The van der Waals surface area contributed by atoms with E-state index in [9.17, 15) is 4.79 Å². The second kappa shape index (κ2) is 5.98. The van der Waals surface area contributed by atoms with E-state index in [0.717, 1.165) is 51.1 Å². The van der Waals surface area contributed by atoms with Crippen LogP contribution in [0.1, 0.15) is 44.3 Å². The van der Waals surface area contributed by atoms with Crippen LogP contribution in [0.5, 0.6) is 0 Å². The van der Waals surface area contributed by atoms with E-state index in [1.54, 1.807) is 0 Å². The molecule has 1 aromatic heterocycles. The molecule has 2 aliphatic rings. The predicted molar refractivity (Wildman–Crippen MR) is 78.2 cm³/mol. The highest BCUT2D eigenvalue weighted by Gasteiger charge is 2.30. The van der Waals surface area contributed by atoms with Crippen molar-refractivity contribution in [3.05, 3.63) is 18.2 Å². The van der Waals surface area contributed by atoms with Crippen LogP contribution in [0.15, 0.2) is 12.4 Å². The summed E-state index contributed by atoms with van der Waals surface area (Å²) >= 11 is 0. The highest BCUT2D eigenvalue weighted by molar-refractivity contribution is 5.79. The number of likely N-dealkylation sites (tertiary alicyclic amines) is 1. The Bertz CT molecular complexity index is 454. The number of hydrogen-bond acceptors (Lipinski definition) is 2. The first-order chi connectivity index (χ1) is 9.74. The molecule has 1 aromatic rings. The first-order valence-electron chi connectivity index (χ1n) is 8.00. The molecule has 2 fully saturated rings. The molecule has 4 nitrogen and oxygen atoms in total. The van der Waals surface area contributed by atoms with E-state index in [-0.39, 0.29) is 0 Å². The van der Waals surface area contributed by atoms with Crippen molar-refractivity contribution in [2.24, 2.45) is 11.8 Å². The summed E-state index contributed by atoms with van der Waals surface area (Å²) in [6.07, 6.45) is 10.9. The van der Waals surface area contributed by atoms with Crippen LogP contribution in [0.2, 0.25) is 0 Å². The van der Waals surface area contributed by atoms with Gasteiger partial charge in [0.05, 0.1) is 0 Å². The van der Waals surface area contributed by atoms with Crippen LogP contribution in [0.3, 0.4) is 0 Å². The van der Waals surface area contributed by atoms with Gasteiger partial charge in [0.2, 0.25) is 5.91 Å². The van der Waals surface area contributed by atoms with E-state index in [0.29, 0.717) is 17.7 Å². The van der Waals surface area contributed by atoms with Gasteiger partial charge in [0.15, 0.2) is 0 Å². The van der Waals surface area contributed by atoms with Crippen LogP contribution < -0.4 is 0 Å². The zero-order chi connectivity index (χ0) is 13.9. The Balaban J connectivity index is 1.49. The number of piperidine rings is 1. The van der Waals surface area contributed by atoms with Gasteiger partial charge in [0.25, 0.3) is 0 Å². The number of aryl methyl sites for hydroxylation is 1. The van der Waals surface area contributed by atoms with Crippen LogP contribution in [0.25, 0.3) is 0 Å². The first kappa shape index (κ1) is 13.7. The van der Waals surface area contributed by atoms with Crippen LogP contribution in [0.4, 0.5) is 0 Å². The normalized spacial score (nSPS) is 21.6. The van der Waals surface area contributed by atoms with E-state index in [1.807, 2.05) is 6.20 Å². The molecule has 110 valence electrons. The van der Waals surface area contributed by atoms with E-state index in [1.165, 1.54) is 12.8 Å². The largest absolute Gasteiger partial charge is 0.342 e. The third kappa shape index (κ3) is 2.89. The van der Waals surface area contributed by atoms with E-state index < -0.39 is 0 Å². The third-order valence-electron chi connectivity index (χ3n) is 5.01. The summed E-state index contributed by atoms with van der Waals surface area (Å²) in [4.78, 5) is 18.8. The maximum atomic E-state index is 12.4. The molecule has 3 rings (SSSR count). The van der Waals surface area contributed by atoms with E-state index >= 15 is 0 Å². The Morgan fingerprint density at radius 2 is 1.95 bits per heavy atom. The molecular formula is C16H25N3O. The average molecular weight is 275 g/mol. The number of imidazole rings is 1. The van der Waals surface area contributed by atoms with Gasteiger partial charge in [-0.2, -0.15) is 0 Å². The van der Waals surface area contributed by atoms with Gasteiger partial charge >= 0.3 is 0 Å². The molecule has 1 amide bonds. The van der Waals surface area contributed by atoms with Crippen LogP contribution >= 0.6 is 0 Å². The SMILES string of the molecule is Cc1nccn1CC1CCN(C(=O)C2CCCC2)CC1. The molecular weight excluding hydrogens is 250 g/mol. The fourth-order valence-corrected chi connectivity index (χ4v) is 3.64. The van der Waals surface area contributed by atoms with E-state index in [2.05, 4.69) is 27.6 Å². The van der Waals surface area contributed by atoms with Crippen LogP contribution in [-0.2, 0) is 11.3 Å². The molecule has 0 unspecified atom stereocenters. The fourth-order valence-electron chi connectivity index (χ4n) is 3.64. The Kier molecular flexibility index (Phi) is 4.08. The number of amides is 1. The molecule has 1 aliphatic carbocycles. The predicted octanol–water partition coefficient (Wildman–Crippen LogP) is 2.62. The second-order valence-corrected chi connectivity index (χ2v) is 6.38. The molecule has 20 heavy (non-hydrogen) atoms. The molecule has 0 spiro atoms. The van der Waals surface area contributed by atoms with Crippen LogP contribution in [-0.4, -0.2) is 33.4 Å². The maximum absolute atomic E-state index is 12.4. The molecule has 1 saturated carbocycles. The van der Waals surface area contributed by atoms with Crippen molar-refractivity contribution in [3.63, 3.8) is 0 Å². The molecule has 0 aromatic carbocycles. The van der Waals surface area contributed by atoms with E-state index in [4.69, 9.17) is 0 Å². The summed E-state index contributed by atoms with van der Waals surface area (Å²) in [6.45, 7) is 5.01. The number of rotatable bonds is 3. The number of aromatic nitrogens is 2. The fraction of sp³-hybridized carbons (Fsp3) is 0.750. The lowest BCUT2D eigenvalue weighted by atomic mass is 9.95. The smallest absolute Gasteiger partial charge is 0.225 e. The lowest BCUT2D eigenvalue weighted by Gasteiger charge is -2.33. The van der Waals surface area contributed by atoms with Gasteiger partial charge < -0.3 is 9.47 Å². The number of carbonyl (C=O) groups is 1. The van der Waals surface area contributed by atoms with Gasteiger partial charge in [-0.1, -0.05) is 12.8 Å². The van der Waals surface area contributed by atoms with Gasteiger partial charge in [-0.25, -0.2) is 4.98 Å². The van der Waals surface area contributed by atoms with Crippen molar-refractivity contribution in [1.29, 1.82) is 0 Å². The highest BCUT2D eigenvalue weighted by atomic mass is 16.2. The van der Waals surface area contributed by atoms with Gasteiger partial charge in [-0.3, -0.25) is 4.79 Å². The lowest BCUT2D eigenvalue weighted by molar-refractivity contribution is -0.136. The highest BCUT2D eigenvalue weighted by Crippen LogP contribution is 2.28. The van der Waals surface area contributed by atoms with Crippen molar-refractivity contribution in [1.82, 2.24) is 14.5 Å². The second-order valence-electron chi connectivity index (χ2n) is 6.38. The number of carbonyl (C=O) groups excluding carboxylic acids is 1. The minimum Gasteiger partial charge on any atom is -0.342 e. The molecule has 2 heterocycles. The number of nitrogens with zero attached hydrogens (tertiary/aromatic N) is 3. The van der Waals surface area contributed by atoms with Crippen molar-refractivity contribution in [2.75, 3.05) is 13.1 Å². The standard InChI is InChI=1S/C16H25N3O/c1-13-17-8-11-19(13)12-14-6-9-18(10-7-14)16(20)15-4-2-3-5-15/h8,11,14-15H,2-7,9-10,12H2,1H3. The average Bonchev–Trinajstić information content (AvgIpc) is 3.12. The first-order valence-corrected chi connectivity index (χ1v) is 8.00. The quantitative estimate of drug-likeness (QED) is 0.850. The van der Waals surface area contributed by atoms with Crippen molar-refractivity contribution in [2.45, 2.75) is 52.0 Å². The molecule has 0 bridgehead atoms. The summed E-state index contributed by atoms with van der Waals surface area (Å²) in [7, 11) is 0. The zero-order valence-electron chi connectivity index (χ0n) is 12.4. The van der Waals surface area contributed by atoms with Crippen molar-refractivity contribution in [3.8, 4) is 0 Å². The molecule has 4 heteroatoms. The van der Waals surface area contributed by atoms with Gasteiger partial charge in [-0.05, 0) is 38.5 Å². The monoisotopic (exact) mass is 275 g/mol. The summed E-state index contributed by atoms with van der Waals surface area (Å²) in [6, 6.07) is 0. The maximum Gasteiger partial charge on any atom is 0.225 e. The summed E-state index contributed by atoms with van der Waals surface area (Å²) in [5.74, 6) is 2.55. The molecule has 0 atom stereocenters.